The molecule has 0 aliphatic heterocycles. The topological polar surface area (TPSA) is 57.6 Å². The van der Waals surface area contributed by atoms with Gasteiger partial charge in [-0.3, -0.25) is 4.79 Å². The summed E-state index contributed by atoms with van der Waals surface area (Å²) in [5.74, 6) is -4.39. The van der Waals surface area contributed by atoms with Crippen LogP contribution < -0.4 is 0 Å². The Kier molecular flexibility index (Phi) is 4.63. The van der Waals surface area contributed by atoms with Gasteiger partial charge in [0.2, 0.25) is 6.43 Å². The van der Waals surface area contributed by atoms with Gasteiger partial charge in [-0.05, 0) is 0 Å². The molecule has 0 spiro atoms. The van der Waals surface area contributed by atoms with Gasteiger partial charge in [-0.15, -0.1) is 0 Å². The minimum atomic E-state index is -5.29. The molecule has 1 N–H and O–H groups in total. The Morgan fingerprint density at radius 1 is 1.31 bits per heavy atom. The van der Waals surface area contributed by atoms with Crippen LogP contribution in [0.3, 0.4) is 0 Å². The number of hydrogen-bond donors (Lipinski definition) is 1. The van der Waals surface area contributed by atoms with E-state index in [1.54, 1.807) is 0 Å². The summed E-state index contributed by atoms with van der Waals surface area (Å²) < 4.78 is 59.4. The Bertz CT molecular complexity index is 278. The Morgan fingerprint density at radius 2 is 1.75 bits per heavy atom. The first-order chi connectivity index (χ1) is 7.07. The van der Waals surface area contributed by atoms with E-state index in [1.165, 1.54) is 0 Å². The molecule has 0 aromatic rings. The first kappa shape index (κ1) is 14.6. The molecule has 0 aliphatic rings. The van der Waals surface area contributed by atoms with E-state index >= 15 is 0 Å². The van der Waals surface area contributed by atoms with Crippen molar-refractivity contribution >= 4 is 11.9 Å². The first-order valence-corrected chi connectivity index (χ1v) is 3.92. The van der Waals surface area contributed by atoms with Gasteiger partial charge in [0, 0.05) is 13.5 Å². The molecular formula is C7H8F5NO3. The lowest BCUT2D eigenvalue weighted by Crippen LogP contribution is -2.48. The maximum atomic E-state index is 11.9. The molecule has 0 aliphatic carbocycles. The van der Waals surface area contributed by atoms with Gasteiger partial charge >= 0.3 is 18.1 Å². The van der Waals surface area contributed by atoms with E-state index in [4.69, 9.17) is 5.11 Å². The van der Waals surface area contributed by atoms with E-state index in [1.807, 2.05) is 0 Å². The molecule has 0 saturated carbocycles. The fraction of sp³-hybridized carbons (Fsp3) is 0.714. The van der Waals surface area contributed by atoms with Crippen LogP contribution in [0.5, 0.6) is 0 Å². The molecule has 0 bridgehead atoms. The van der Waals surface area contributed by atoms with Crippen molar-refractivity contribution in [3.8, 4) is 0 Å². The van der Waals surface area contributed by atoms with Crippen LogP contribution >= 0.6 is 0 Å². The van der Waals surface area contributed by atoms with Crippen LogP contribution in [0.25, 0.3) is 0 Å². The minimum absolute atomic E-state index is 0.255. The predicted molar refractivity (Wildman–Crippen MR) is 40.9 cm³/mol. The van der Waals surface area contributed by atoms with Crippen LogP contribution in [0, 0.1) is 0 Å². The van der Waals surface area contributed by atoms with E-state index in [0.717, 1.165) is 0 Å². The predicted octanol–water partition coefficient (Wildman–Crippen LogP) is 1.12. The monoisotopic (exact) mass is 249 g/mol. The summed E-state index contributed by atoms with van der Waals surface area (Å²) in [6.45, 7) is 0. The molecule has 9 heteroatoms. The van der Waals surface area contributed by atoms with Gasteiger partial charge in [0.1, 0.15) is 6.04 Å². The third kappa shape index (κ3) is 3.99. The van der Waals surface area contributed by atoms with Crippen molar-refractivity contribution in [1.29, 1.82) is 0 Å². The van der Waals surface area contributed by atoms with E-state index in [9.17, 15) is 31.5 Å². The van der Waals surface area contributed by atoms with Crippen molar-refractivity contribution in [3.05, 3.63) is 0 Å². The number of carboxylic acids is 1. The number of halogens is 5. The Balaban J connectivity index is 4.82. The van der Waals surface area contributed by atoms with Crippen LogP contribution in [-0.4, -0.2) is 47.6 Å². The second kappa shape index (κ2) is 5.08. The van der Waals surface area contributed by atoms with Crippen molar-refractivity contribution in [1.82, 2.24) is 4.90 Å². The lowest BCUT2D eigenvalue weighted by atomic mass is 10.2. The molecule has 0 radical (unpaired) electrons. The molecule has 0 fully saturated rings. The van der Waals surface area contributed by atoms with Crippen LogP contribution in [0.1, 0.15) is 6.42 Å². The molecule has 0 heterocycles. The number of amides is 1. The zero-order chi connectivity index (χ0) is 13.1. The number of nitrogens with zero attached hydrogens (tertiary/aromatic N) is 1. The summed E-state index contributed by atoms with van der Waals surface area (Å²) in [6.07, 6.45) is -9.76. The molecule has 1 unspecified atom stereocenters. The first-order valence-electron chi connectivity index (χ1n) is 3.92. The van der Waals surface area contributed by atoms with Gasteiger partial charge in [-0.1, -0.05) is 0 Å². The lowest BCUT2D eigenvalue weighted by molar-refractivity contribution is -0.188. The summed E-state index contributed by atoms with van der Waals surface area (Å²) in [6, 6.07) is -2.20. The normalized spacial score (nSPS) is 13.7. The summed E-state index contributed by atoms with van der Waals surface area (Å²) in [4.78, 5) is 20.7. The molecule has 1 amide bonds. The number of likely N-dealkylation sites (N-methyl/N-ethyl adjacent to an activating group) is 1. The van der Waals surface area contributed by atoms with Crippen LogP contribution in [0.15, 0.2) is 0 Å². The second-order valence-electron chi connectivity index (χ2n) is 2.89. The number of aliphatic carboxylic acids is 1. The Morgan fingerprint density at radius 3 is 2.00 bits per heavy atom. The number of carbonyl (C=O) groups excluding carboxylic acids is 1. The van der Waals surface area contributed by atoms with Gasteiger partial charge in [-0.25, -0.2) is 13.6 Å². The standard InChI is InChI=1S/C7H8F5NO3/c1-13(6(16)7(10,11)12)3(5(14)15)2-4(8)9/h3-4H,2H2,1H3,(H,14,15). The van der Waals surface area contributed by atoms with E-state index < -0.39 is 36.9 Å². The average Bonchev–Trinajstić information content (AvgIpc) is 2.09. The molecule has 0 aromatic heterocycles. The average molecular weight is 249 g/mol. The van der Waals surface area contributed by atoms with Crippen molar-refractivity contribution in [2.45, 2.75) is 25.1 Å². The van der Waals surface area contributed by atoms with E-state index in [-0.39, 0.29) is 4.90 Å². The van der Waals surface area contributed by atoms with Gasteiger partial charge < -0.3 is 10.0 Å². The molecule has 0 aromatic carbocycles. The van der Waals surface area contributed by atoms with E-state index in [2.05, 4.69) is 0 Å². The number of alkyl halides is 5. The summed E-state index contributed by atoms with van der Waals surface area (Å²) in [5, 5.41) is 8.41. The zero-order valence-electron chi connectivity index (χ0n) is 7.96. The highest BCUT2D eigenvalue weighted by atomic mass is 19.4. The largest absolute Gasteiger partial charge is 0.480 e. The number of hydrogen-bond acceptors (Lipinski definition) is 2. The third-order valence-corrected chi connectivity index (χ3v) is 1.72. The maximum absolute atomic E-state index is 11.9. The number of rotatable bonds is 4. The fourth-order valence-electron chi connectivity index (χ4n) is 0.935. The van der Waals surface area contributed by atoms with Crippen molar-refractivity contribution < 1.29 is 36.6 Å². The zero-order valence-corrected chi connectivity index (χ0v) is 7.96. The molecule has 94 valence electrons. The summed E-state index contributed by atoms with van der Waals surface area (Å²) in [5.41, 5.74) is 0. The quantitative estimate of drug-likeness (QED) is 0.759. The van der Waals surface area contributed by atoms with Crippen molar-refractivity contribution in [3.63, 3.8) is 0 Å². The maximum Gasteiger partial charge on any atom is 0.471 e. The summed E-state index contributed by atoms with van der Waals surface area (Å²) >= 11 is 0. The molecule has 16 heavy (non-hydrogen) atoms. The van der Waals surface area contributed by atoms with E-state index in [0.29, 0.717) is 7.05 Å². The number of carboxylic acid groups (broad SMARTS) is 1. The van der Waals surface area contributed by atoms with Crippen LogP contribution in [-0.2, 0) is 9.59 Å². The Labute approximate surface area is 86.6 Å². The van der Waals surface area contributed by atoms with Crippen molar-refractivity contribution in [2.75, 3.05) is 7.05 Å². The molecule has 1 atom stereocenters. The SMILES string of the molecule is CN(C(=O)C(F)(F)F)C(CC(F)F)C(=O)O. The molecule has 0 saturated heterocycles. The summed E-state index contributed by atoms with van der Waals surface area (Å²) in [7, 11) is 0.511. The third-order valence-electron chi connectivity index (χ3n) is 1.72. The minimum Gasteiger partial charge on any atom is -0.480 e. The van der Waals surface area contributed by atoms with Gasteiger partial charge in [0.05, 0.1) is 0 Å². The van der Waals surface area contributed by atoms with Crippen LogP contribution in [0.4, 0.5) is 22.0 Å². The smallest absolute Gasteiger partial charge is 0.471 e. The van der Waals surface area contributed by atoms with Gasteiger partial charge in [0.15, 0.2) is 0 Å². The Hall–Kier alpha value is -1.41. The van der Waals surface area contributed by atoms with Gasteiger partial charge in [-0.2, -0.15) is 13.2 Å². The van der Waals surface area contributed by atoms with Crippen LogP contribution in [0.2, 0.25) is 0 Å². The lowest BCUT2D eigenvalue weighted by Gasteiger charge is -2.25. The highest BCUT2D eigenvalue weighted by Crippen LogP contribution is 2.20. The highest BCUT2D eigenvalue weighted by Gasteiger charge is 2.45. The number of carbonyl (C=O) groups is 2. The second-order valence-corrected chi connectivity index (χ2v) is 2.89. The molecule has 4 nitrogen and oxygen atoms in total. The highest BCUT2D eigenvalue weighted by molar-refractivity contribution is 5.86. The molecular weight excluding hydrogens is 241 g/mol. The van der Waals surface area contributed by atoms with Gasteiger partial charge in [0.25, 0.3) is 0 Å². The molecule has 0 rings (SSSR count). The van der Waals surface area contributed by atoms with Crippen molar-refractivity contribution in [2.24, 2.45) is 0 Å². The fourth-order valence-corrected chi connectivity index (χ4v) is 0.935.